The fourth-order valence-electron chi connectivity index (χ4n) is 1.74. The van der Waals surface area contributed by atoms with Gasteiger partial charge in [-0.1, -0.05) is 28.9 Å². The Bertz CT molecular complexity index is 555. The normalized spacial score (nSPS) is 11.0. The van der Waals surface area contributed by atoms with Crippen molar-refractivity contribution in [3.63, 3.8) is 0 Å². The number of hydrogen-bond donors (Lipinski definition) is 1. The summed E-state index contributed by atoms with van der Waals surface area (Å²) >= 11 is 6.03. The van der Waals surface area contributed by atoms with Gasteiger partial charge in [0.1, 0.15) is 23.7 Å². The first-order valence-corrected chi connectivity index (χ1v) is 6.42. The van der Waals surface area contributed by atoms with E-state index in [1.807, 2.05) is 26.0 Å². The molecule has 1 heterocycles. The Morgan fingerprint density at radius 2 is 2.11 bits per heavy atom. The van der Waals surface area contributed by atoms with Gasteiger partial charge in [0.15, 0.2) is 0 Å². The number of rotatable bonds is 5. The zero-order chi connectivity index (χ0) is 13.8. The van der Waals surface area contributed by atoms with Gasteiger partial charge in [-0.25, -0.2) is 4.68 Å². The van der Waals surface area contributed by atoms with Crippen molar-refractivity contribution in [1.82, 2.24) is 15.0 Å². The molecule has 0 aliphatic rings. The third kappa shape index (κ3) is 3.05. The molecule has 0 aliphatic carbocycles. The van der Waals surface area contributed by atoms with Gasteiger partial charge in [0.25, 0.3) is 0 Å². The molecule has 0 bridgehead atoms. The van der Waals surface area contributed by atoms with Crippen LogP contribution in [0.5, 0.6) is 5.75 Å². The summed E-state index contributed by atoms with van der Waals surface area (Å²) in [5.41, 5.74) is 1.29. The molecule has 5 nitrogen and oxygen atoms in total. The molecule has 6 heteroatoms. The van der Waals surface area contributed by atoms with Crippen molar-refractivity contribution in [3.8, 4) is 5.75 Å². The van der Waals surface area contributed by atoms with Crippen LogP contribution in [0.25, 0.3) is 0 Å². The van der Waals surface area contributed by atoms with Gasteiger partial charge in [-0.2, -0.15) is 0 Å². The molecule has 0 aliphatic heterocycles. The maximum absolute atomic E-state index is 9.27. The predicted octanol–water partition coefficient (Wildman–Crippen LogP) is 2.58. The summed E-state index contributed by atoms with van der Waals surface area (Å²) in [5.74, 6) is 0.601. The van der Waals surface area contributed by atoms with E-state index in [0.29, 0.717) is 16.5 Å². The quantitative estimate of drug-likeness (QED) is 0.915. The molecule has 0 saturated heterocycles. The summed E-state index contributed by atoms with van der Waals surface area (Å²) in [6.45, 7) is 4.10. The van der Waals surface area contributed by atoms with E-state index in [1.54, 1.807) is 16.8 Å². The van der Waals surface area contributed by atoms with E-state index < -0.39 is 0 Å². The van der Waals surface area contributed by atoms with Crippen LogP contribution in [-0.4, -0.2) is 20.1 Å². The zero-order valence-electron chi connectivity index (χ0n) is 10.9. The Labute approximate surface area is 116 Å². The largest absolute Gasteiger partial charge is 0.486 e. The summed E-state index contributed by atoms with van der Waals surface area (Å²) in [5, 5.41) is 17.8. The first-order valence-electron chi connectivity index (χ1n) is 6.04. The van der Waals surface area contributed by atoms with Crippen LogP contribution in [0.1, 0.15) is 31.3 Å². The van der Waals surface area contributed by atoms with Crippen molar-refractivity contribution in [2.75, 3.05) is 0 Å². The Kier molecular flexibility index (Phi) is 4.39. The monoisotopic (exact) mass is 281 g/mol. The van der Waals surface area contributed by atoms with Crippen LogP contribution in [0.15, 0.2) is 24.3 Å². The van der Waals surface area contributed by atoms with Crippen molar-refractivity contribution in [3.05, 3.63) is 40.7 Å². The van der Waals surface area contributed by atoms with Crippen LogP contribution in [-0.2, 0) is 13.2 Å². The van der Waals surface area contributed by atoms with Gasteiger partial charge < -0.3 is 9.84 Å². The highest BCUT2D eigenvalue weighted by molar-refractivity contribution is 6.32. The number of ether oxygens (including phenoxy) is 1. The lowest BCUT2D eigenvalue weighted by atomic mass is 10.3. The fourth-order valence-corrected chi connectivity index (χ4v) is 1.93. The first-order chi connectivity index (χ1) is 9.13. The predicted molar refractivity (Wildman–Crippen MR) is 72.1 cm³/mol. The minimum Gasteiger partial charge on any atom is -0.486 e. The minimum absolute atomic E-state index is 0.151. The standard InChI is InChI=1S/C13H16ClN3O2/c1-9(2)17-12(11(7-18)15-16-17)8-19-13-6-4-3-5-10(13)14/h3-6,9,18H,7-8H2,1-2H3. The van der Waals surface area contributed by atoms with Crippen LogP contribution in [0, 0.1) is 0 Å². The third-order valence-corrected chi connectivity index (χ3v) is 3.02. The molecule has 19 heavy (non-hydrogen) atoms. The van der Waals surface area contributed by atoms with Crippen LogP contribution >= 0.6 is 11.6 Å². The van der Waals surface area contributed by atoms with E-state index in [2.05, 4.69) is 10.3 Å². The maximum Gasteiger partial charge on any atom is 0.138 e. The van der Waals surface area contributed by atoms with E-state index in [9.17, 15) is 5.11 Å². The van der Waals surface area contributed by atoms with E-state index in [1.165, 1.54) is 0 Å². The van der Waals surface area contributed by atoms with Crippen molar-refractivity contribution >= 4 is 11.6 Å². The number of aromatic nitrogens is 3. The van der Waals surface area contributed by atoms with E-state index in [4.69, 9.17) is 16.3 Å². The molecule has 0 radical (unpaired) electrons. The molecule has 0 spiro atoms. The zero-order valence-corrected chi connectivity index (χ0v) is 11.6. The summed E-state index contributed by atoms with van der Waals surface area (Å²) in [4.78, 5) is 0. The van der Waals surface area contributed by atoms with Gasteiger partial charge in [0, 0.05) is 6.04 Å². The smallest absolute Gasteiger partial charge is 0.138 e. The molecule has 102 valence electrons. The molecule has 1 N–H and O–H groups in total. The summed E-state index contributed by atoms with van der Waals surface area (Å²) in [7, 11) is 0. The highest BCUT2D eigenvalue weighted by atomic mass is 35.5. The van der Waals surface area contributed by atoms with Crippen molar-refractivity contribution in [2.24, 2.45) is 0 Å². The fraction of sp³-hybridized carbons (Fsp3) is 0.385. The van der Waals surface area contributed by atoms with E-state index in [0.717, 1.165) is 5.69 Å². The van der Waals surface area contributed by atoms with Crippen molar-refractivity contribution in [1.29, 1.82) is 0 Å². The second kappa shape index (κ2) is 6.04. The molecule has 2 aromatic rings. The van der Waals surface area contributed by atoms with E-state index >= 15 is 0 Å². The molecule has 0 amide bonds. The van der Waals surface area contributed by atoms with Crippen LogP contribution < -0.4 is 4.74 Å². The number of halogens is 1. The lowest BCUT2D eigenvalue weighted by molar-refractivity contribution is 0.260. The van der Waals surface area contributed by atoms with Crippen molar-refractivity contribution in [2.45, 2.75) is 33.1 Å². The lowest BCUT2D eigenvalue weighted by Gasteiger charge is -2.12. The minimum atomic E-state index is -0.159. The van der Waals surface area contributed by atoms with Gasteiger partial charge in [0.2, 0.25) is 0 Å². The number of aliphatic hydroxyl groups is 1. The van der Waals surface area contributed by atoms with Crippen LogP contribution in [0.2, 0.25) is 5.02 Å². The molecular formula is C13H16ClN3O2. The lowest BCUT2D eigenvalue weighted by Crippen LogP contribution is -2.11. The average molecular weight is 282 g/mol. The number of hydrogen-bond acceptors (Lipinski definition) is 4. The second-order valence-corrected chi connectivity index (χ2v) is 4.81. The molecule has 0 atom stereocenters. The maximum atomic E-state index is 9.27. The number of aliphatic hydroxyl groups excluding tert-OH is 1. The third-order valence-electron chi connectivity index (χ3n) is 2.71. The Morgan fingerprint density at radius 1 is 1.37 bits per heavy atom. The van der Waals surface area contributed by atoms with Gasteiger partial charge in [-0.3, -0.25) is 0 Å². The summed E-state index contributed by atoms with van der Waals surface area (Å²) < 4.78 is 7.41. The van der Waals surface area contributed by atoms with Crippen LogP contribution in [0.3, 0.4) is 0 Å². The summed E-state index contributed by atoms with van der Waals surface area (Å²) in [6, 6.07) is 7.41. The summed E-state index contributed by atoms with van der Waals surface area (Å²) in [6.07, 6.45) is 0. The van der Waals surface area contributed by atoms with E-state index in [-0.39, 0.29) is 19.3 Å². The SMILES string of the molecule is CC(C)n1nnc(CO)c1COc1ccccc1Cl. The van der Waals surface area contributed by atoms with Crippen LogP contribution in [0.4, 0.5) is 0 Å². The van der Waals surface area contributed by atoms with Gasteiger partial charge >= 0.3 is 0 Å². The second-order valence-electron chi connectivity index (χ2n) is 4.40. The molecule has 2 rings (SSSR count). The van der Waals surface area contributed by atoms with Gasteiger partial charge in [-0.15, -0.1) is 5.10 Å². The molecule has 1 aromatic carbocycles. The topological polar surface area (TPSA) is 60.2 Å². The highest BCUT2D eigenvalue weighted by Crippen LogP contribution is 2.24. The highest BCUT2D eigenvalue weighted by Gasteiger charge is 2.15. The Balaban J connectivity index is 2.19. The first kappa shape index (κ1) is 13.8. The number of para-hydroxylation sites is 1. The average Bonchev–Trinajstić information content (AvgIpc) is 2.81. The molecule has 0 saturated carbocycles. The molecule has 0 fully saturated rings. The van der Waals surface area contributed by atoms with Gasteiger partial charge in [-0.05, 0) is 26.0 Å². The number of benzene rings is 1. The van der Waals surface area contributed by atoms with Crippen molar-refractivity contribution < 1.29 is 9.84 Å². The van der Waals surface area contributed by atoms with Gasteiger partial charge in [0.05, 0.1) is 11.6 Å². The molecule has 0 unspecified atom stereocenters. The Morgan fingerprint density at radius 3 is 2.74 bits per heavy atom. The molecule has 1 aromatic heterocycles. The molecular weight excluding hydrogens is 266 g/mol. The Hall–Kier alpha value is -1.59. The number of nitrogens with zero attached hydrogens (tertiary/aromatic N) is 3.